The zero-order valence-electron chi connectivity index (χ0n) is 35.4. The van der Waals surface area contributed by atoms with Crippen molar-refractivity contribution in [3.05, 3.63) is 60.2 Å². The first-order valence-electron chi connectivity index (χ1n) is 21.9. The van der Waals surface area contributed by atoms with Crippen molar-refractivity contribution in [3.63, 3.8) is 0 Å². The molecule has 0 aliphatic heterocycles. The Kier molecular flexibility index (Phi) is 35.7. The van der Waals surface area contributed by atoms with Gasteiger partial charge in [0.1, 0.15) is 13.1 Å². The maximum absolute atomic E-state index is 9.38. The first-order valence-corrected chi connectivity index (χ1v) is 26.1. The van der Waals surface area contributed by atoms with Crippen LogP contribution in [0.2, 0.25) is 0 Å². The van der Waals surface area contributed by atoms with Gasteiger partial charge >= 0.3 is 53.6 Å². The molecule has 9 nitrogen and oxygen atoms in total. The van der Waals surface area contributed by atoms with Gasteiger partial charge in [0.15, 0.2) is 24.8 Å². The molecule has 0 amide bonds. The minimum absolute atomic E-state index is 1.18. The molecule has 0 saturated carbocycles. The standard InChI is InChI=1S/2C22H40N.2Cr.7O/c2*1-3-4-5-6-7-8-9-10-11-12-13-14-15-16-19-23-20-17-22(2)18-21-23;;;;;;;;;/h2*17-18,20-21H,3-16,19H2,1-2H3;;;;;;;;;/q2*+1;;;;;;;;2*-1. The van der Waals surface area contributed by atoms with E-state index in [4.69, 9.17) is 0 Å². The molecule has 0 N–H and O–H groups in total. The van der Waals surface area contributed by atoms with Gasteiger partial charge in [-0.1, -0.05) is 168 Å². The average molecular weight is 853 g/mol. The summed E-state index contributed by atoms with van der Waals surface area (Å²) in [4.78, 5) is 0. The van der Waals surface area contributed by atoms with E-state index >= 15 is 0 Å². The molecule has 0 saturated heterocycles. The number of hydrogen-bond acceptors (Lipinski definition) is 7. The van der Waals surface area contributed by atoms with Gasteiger partial charge in [-0.2, -0.15) is 0 Å². The molecule has 55 heavy (non-hydrogen) atoms. The summed E-state index contributed by atoms with van der Waals surface area (Å²) in [5.41, 5.74) is 2.70. The zero-order chi connectivity index (χ0) is 40.9. The van der Waals surface area contributed by atoms with Crippen molar-refractivity contribution in [2.45, 2.75) is 221 Å². The SMILES string of the molecule is CCCCCCCCCCCCCCCC[n+]1ccc(C)cc1.CCCCCCCCCCCCCCCC[n+]1ccc(C)cc1.[O]=[Cr](=[O])([O-])[O][Cr](=[O])(=[O])[O-]. The van der Waals surface area contributed by atoms with Crippen LogP contribution in [0.1, 0.15) is 205 Å². The van der Waals surface area contributed by atoms with E-state index in [9.17, 15) is 23.5 Å². The molecule has 320 valence electrons. The second-order valence-electron chi connectivity index (χ2n) is 15.3. The third kappa shape index (κ3) is 41.9. The van der Waals surface area contributed by atoms with Crippen molar-refractivity contribution in [2.24, 2.45) is 0 Å². The Balaban J connectivity index is 0.000000870. The first-order chi connectivity index (χ1) is 26.4. The van der Waals surface area contributed by atoms with Crippen LogP contribution in [0.3, 0.4) is 0 Å². The van der Waals surface area contributed by atoms with Crippen LogP contribution >= 0.6 is 0 Å². The molecule has 2 rings (SSSR count). The van der Waals surface area contributed by atoms with Crippen molar-refractivity contribution >= 4 is 0 Å². The van der Waals surface area contributed by atoms with Crippen LogP contribution in [-0.2, 0) is 58.4 Å². The van der Waals surface area contributed by atoms with E-state index in [2.05, 4.69) is 88.7 Å². The van der Waals surface area contributed by atoms with E-state index in [1.54, 1.807) is 0 Å². The fourth-order valence-electron chi connectivity index (χ4n) is 6.44. The summed E-state index contributed by atoms with van der Waals surface area (Å²) in [7, 11) is 0. The summed E-state index contributed by atoms with van der Waals surface area (Å²) >= 11 is -12.1. The molecule has 0 aliphatic carbocycles. The molecule has 0 aromatic carbocycles. The van der Waals surface area contributed by atoms with Gasteiger partial charge in [-0.15, -0.1) is 0 Å². The molecule has 2 heterocycles. The van der Waals surface area contributed by atoms with Crippen LogP contribution in [0, 0.1) is 13.8 Å². The van der Waals surface area contributed by atoms with Crippen molar-refractivity contribution in [3.8, 4) is 0 Å². The van der Waals surface area contributed by atoms with Crippen LogP contribution in [0.5, 0.6) is 0 Å². The van der Waals surface area contributed by atoms with Gasteiger partial charge in [0.25, 0.3) is 0 Å². The van der Waals surface area contributed by atoms with Gasteiger partial charge < -0.3 is 0 Å². The molecule has 0 bridgehead atoms. The van der Waals surface area contributed by atoms with E-state index in [1.807, 2.05) is 0 Å². The summed E-state index contributed by atoms with van der Waals surface area (Å²) in [6.45, 7) is 11.2. The third-order valence-electron chi connectivity index (χ3n) is 9.82. The Morgan fingerprint density at radius 2 is 0.600 bits per heavy atom. The van der Waals surface area contributed by atoms with Gasteiger partial charge in [0.05, 0.1) is 0 Å². The molecule has 11 heteroatoms. The van der Waals surface area contributed by atoms with Crippen molar-refractivity contribution in [1.29, 1.82) is 0 Å². The summed E-state index contributed by atoms with van der Waals surface area (Å²) in [6, 6.07) is 8.79. The topological polar surface area (TPSA) is 131 Å². The van der Waals surface area contributed by atoms with Crippen molar-refractivity contribution < 1.29 is 62.7 Å². The molecule has 0 spiro atoms. The zero-order valence-corrected chi connectivity index (χ0v) is 38.0. The summed E-state index contributed by atoms with van der Waals surface area (Å²) < 4.78 is 63.5. The van der Waals surface area contributed by atoms with E-state index in [1.165, 1.54) is 204 Å². The quantitative estimate of drug-likeness (QED) is 0.0529. The second kappa shape index (κ2) is 36.8. The Bertz CT molecular complexity index is 1230. The van der Waals surface area contributed by atoms with Gasteiger partial charge in [-0.3, -0.25) is 0 Å². The first kappa shape index (κ1) is 53.4. The van der Waals surface area contributed by atoms with Crippen LogP contribution in [-0.4, -0.2) is 0 Å². The fourth-order valence-corrected chi connectivity index (χ4v) is 8.07. The number of aryl methyl sites for hydroxylation is 4. The van der Waals surface area contributed by atoms with Crippen LogP contribution in [0.4, 0.5) is 0 Å². The molecular formula is C44H80Cr2N2O7. The van der Waals surface area contributed by atoms with Gasteiger partial charge in [-0.05, 0) is 37.8 Å². The molecule has 2 aromatic rings. The third-order valence-corrected chi connectivity index (χ3v) is 12.5. The number of hydrogen-bond donors (Lipinski definition) is 0. The maximum atomic E-state index is 9.38. The fraction of sp³-hybridized carbons (Fsp3) is 0.773. The number of nitrogens with zero attached hydrogens (tertiary/aromatic N) is 2. The summed E-state index contributed by atoms with van der Waals surface area (Å²) in [5, 5.41) is 0. The number of unbranched alkanes of at least 4 members (excludes halogenated alkanes) is 26. The predicted molar refractivity (Wildman–Crippen MR) is 207 cm³/mol. The summed E-state index contributed by atoms with van der Waals surface area (Å²) in [5.74, 6) is 0. The van der Waals surface area contributed by atoms with E-state index in [0.29, 0.717) is 0 Å². The van der Waals surface area contributed by atoms with E-state index in [0.717, 1.165) is 0 Å². The molecule has 0 fully saturated rings. The molecule has 2 aromatic heterocycles. The van der Waals surface area contributed by atoms with Gasteiger partial charge in [0.2, 0.25) is 0 Å². The molecule has 0 unspecified atom stereocenters. The molecule has 0 radical (unpaired) electrons. The van der Waals surface area contributed by atoms with Gasteiger partial charge in [-0.25, -0.2) is 9.13 Å². The normalized spacial score (nSPS) is 11.5. The Morgan fingerprint density at radius 3 is 0.782 bits per heavy atom. The second-order valence-corrected chi connectivity index (χ2v) is 18.9. The number of aromatic nitrogens is 2. The predicted octanol–water partition coefficient (Wildman–Crippen LogP) is 10.6. The summed E-state index contributed by atoms with van der Waals surface area (Å²) in [6.07, 6.45) is 49.0. The van der Waals surface area contributed by atoms with E-state index in [-0.39, 0.29) is 0 Å². The van der Waals surface area contributed by atoms with Gasteiger partial charge in [0, 0.05) is 37.1 Å². The average Bonchev–Trinajstić information content (AvgIpc) is 3.12. The van der Waals surface area contributed by atoms with Crippen molar-refractivity contribution in [1.82, 2.24) is 0 Å². The monoisotopic (exact) mass is 852 g/mol. The Hall–Kier alpha value is -1.56. The van der Waals surface area contributed by atoms with Crippen LogP contribution in [0.15, 0.2) is 49.1 Å². The number of rotatable bonds is 32. The molecular weight excluding hydrogens is 772 g/mol. The Labute approximate surface area is 341 Å². The molecule has 0 aliphatic rings. The van der Waals surface area contributed by atoms with Crippen molar-refractivity contribution in [2.75, 3.05) is 0 Å². The van der Waals surface area contributed by atoms with Crippen LogP contribution in [0.25, 0.3) is 0 Å². The Morgan fingerprint density at radius 1 is 0.400 bits per heavy atom. The molecule has 0 atom stereocenters. The minimum atomic E-state index is -6.07. The van der Waals surface area contributed by atoms with Crippen LogP contribution < -0.4 is 17.5 Å². The van der Waals surface area contributed by atoms with E-state index < -0.39 is 27.2 Å². The number of pyridine rings is 2.